The topological polar surface area (TPSA) is 76.0 Å². The minimum Gasteiger partial charge on any atom is -0.497 e. The highest BCUT2D eigenvalue weighted by Crippen LogP contribution is 2.28. The highest BCUT2D eigenvalue weighted by molar-refractivity contribution is 6.00. The number of hydrogen-bond donors (Lipinski definition) is 2. The first-order valence-electron chi connectivity index (χ1n) is 9.37. The van der Waals surface area contributed by atoms with Crippen LogP contribution >= 0.6 is 0 Å². The van der Waals surface area contributed by atoms with E-state index in [1.54, 1.807) is 7.11 Å². The molecule has 6 heteroatoms. The molecule has 0 aliphatic heterocycles. The molecule has 0 unspecified atom stereocenters. The highest BCUT2D eigenvalue weighted by Gasteiger charge is 2.20. The van der Waals surface area contributed by atoms with Crippen LogP contribution in [0.1, 0.15) is 43.9 Å². The van der Waals surface area contributed by atoms with Crippen molar-refractivity contribution in [2.24, 2.45) is 10.9 Å². The van der Waals surface area contributed by atoms with Gasteiger partial charge in [-0.3, -0.25) is 15.7 Å². The lowest BCUT2D eigenvalue weighted by Gasteiger charge is -2.24. The van der Waals surface area contributed by atoms with Gasteiger partial charge in [-0.05, 0) is 74.9 Å². The van der Waals surface area contributed by atoms with Crippen molar-refractivity contribution in [2.45, 2.75) is 45.6 Å². The summed E-state index contributed by atoms with van der Waals surface area (Å²) >= 11 is 0. The third-order valence-electron chi connectivity index (χ3n) is 4.93. The van der Waals surface area contributed by atoms with Crippen molar-refractivity contribution < 1.29 is 14.7 Å². The first-order chi connectivity index (χ1) is 13.1. The number of nitrogens with one attached hydrogen (secondary N) is 1. The van der Waals surface area contributed by atoms with Crippen molar-refractivity contribution in [1.29, 1.82) is 0 Å². The third kappa shape index (κ3) is 4.98. The molecule has 2 aromatic rings. The number of methoxy groups -OCH3 is 1. The Morgan fingerprint density at radius 2 is 1.74 bits per heavy atom. The number of rotatable bonds is 5. The summed E-state index contributed by atoms with van der Waals surface area (Å²) in [7, 11) is 1.62. The maximum Gasteiger partial charge on any atom is 0.230 e. The van der Waals surface area contributed by atoms with Gasteiger partial charge in [0.15, 0.2) is 5.84 Å². The Balaban J connectivity index is 1.87. The lowest BCUT2D eigenvalue weighted by Crippen LogP contribution is -2.26. The van der Waals surface area contributed by atoms with Crippen LogP contribution in [0.25, 0.3) is 0 Å². The largest absolute Gasteiger partial charge is 0.497 e. The summed E-state index contributed by atoms with van der Waals surface area (Å²) in [5, 5.41) is 9.71. The van der Waals surface area contributed by atoms with Crippen molar-refractivity contribution in [3.8, 4) is 17.4 Å². The van der Waals surface area contributed by atoms with Crippen LogP contribution in [0.4, 0.5) is 0 Å². The molecule has 2 N–H and O–H groups in total. The number of ether oxygens (including phenoxy) is 2. The van der Waals surface area contributed by atoms with Crippen molar-refractivity contribution in [1.82, 2.24) is 10.5 Å². The normalized spacial score (nSPS) is 20.2. The summed E-state index contributed by atoms with van der Waals surface area (Å²) in [6.07, 6.45) is 4.38. The van der Waals surface area contributed by atoms with E-state index >= 15 is 0 Å². The van der Waals surface area contributed by atoms with Crippen molar-refractivity contribution in [3.63, 3.8) is 0 Å². The lowest BCUT2D eigenvalue weighted by molar-refractivity contribution is 0.232. The van der Waals surface area contributed by atoms with Crippen LogP contribution in [0.5, 0.6) is 17.4 Å². The molecule has 1 saturated carbocycles. The van der Waals surface area contributed by atoms with E-state index in [9.17, 15) is 5.21 Å². The van der Waals surface area contributed by atoms with Crippen molar-refractivity contribution >= 4 is 5.84 Å². The molecule has 1 aromatic heterocycles. The second-order valence-corrected chi connectivity index (χ2v) is 7.09. The van der Waals surface area contributed by atoms with Gasteiger partial charge in [0.2, 0.25) is 5.88 Å². The number of aromatic nitrogens is 1. The lowest BCUT2D eigenvalue weighted by atomic mass is 9.88. The number of amidine groups is 1. The van der Waals surface area contributed by atoms with Crippen LogP contribution in [-0.2, 0) is 0 Å². The van der Waals surface area contributed by atoms with Gasteiger partial charge in [-0.15, -0.1) is 0 Å². The van der Waals surface area contributed by atoms with Crippen molar-refractivity contribution in [3.05, 3.63) is 47.7 Å². The van der Waals surface area contributed by atoms with E-state index in [4.69, 9.17) is 14.5 Å². The molecule has 0 radical (unpaired) electrons. The van der Waals surface area contributed by atoms with Gasteiger partial charge in [0, 0.05) is 5.69 Å². The summed E-state index contributed by atoms with van der Waals surface area (Å²) in [4.78, 5) is 9.23. The average Bonchev–Trinajstić information content (AvgIpc) is 2.69. The van der Waals surface area contributed by atoms with E-state index in [-0.39, 0.29) is 6.04 Å². The Kier molecular flexibility index (Phi) is 6.29. The fourth-order valence-corrected chi connectivity index (χ4v) is 3.26. The van der Waals surface area contributed by atoms with Crippen LogP contribution in [0.2, 0.25) is 0 Å². The van der Waals surface area contributed by atoms with Crippen LogP contribution in [-0.4, -0.2) is 29.2 Å². The number of aliphatic imine (C=N–C) groups is 1. The van der Waals surface area contributed by atoms with Gasteiger partial charge >= 0.3 is 0 Å². The molecule has 144 valence electrons. The zero-order valence-corrected chi connectivity index (χ0v) is 16.1. The monoisotopic (exact) mass is 369 g/mol. The molecular weight excluding hydrogens is 342 g/mol. The second-order valence-electron chi connectivity index (χ2n) is 7.09. The number of hydroxylamine groups is 1. The Hall–Kier alpha value is -2.60. The average molecular weight is 369 g/mol. The summed E-state index contributed by atoms with van der Waals surface area (Å²) in [6, 6.07) is 11.2. The molecule has 1 aliphatic carbocycles. The first-order valence-corrected chi connectivity index (χ1v) is 9.37. The Bertz CT molecular complexity index is 782. The van der Waals surface area contributed by atoms with E-state index < -0.39 is 0 Å². The molecule has 1 fully saturated rings. The zero-order chi connectivity index (χ0) is 19.2. The van der Waals surface area contributed by atoms with Gasteiger partial charge in [0.05, 0.1) is 18.7 Å². The molecule has 1 aromatic carbocycles. The molecule has 0 bridgehead atoms. The molecule has 3 rings (SSSR count). The standard InChI is InChI=1S/C21H27N3O3/c1-14-4-7-16(8-5-14)23-20(24-25)19-13-6-15(2)22-21(19)27-18-11-9-17(26-3)10-12-18/h6,9-14,16,25H,4-5,7-8H2,1-3H3,(H,23,24). The van der Waals surface area contributed by atoms with Crippen LogP contribution < -0.4 is 15.0 Å². The first kappa shape index (κ1) is 19.2. The van der Waals surface area contributed by atoms with Gasteiger partial charge in [-0.2, -0.15) is 0 Å². The van der Waals surface area contributed by atoms with Crippen LogP contribution in [0, 0.1) is 12.8 Å². The fraction of sp³-hybridized carbons (Fsp3) is 0.429. The summed E-state index contributed by atoms with van der Waals surface area (Å²) in [5.41, 5.74) is 3.71. The number of nitrogens with zero attached hydrogens (tertiary/aromatic N) is 2. The molecular formula is C21H27N3O3. The molecule has 27 heavy (non-hydrogen) atoms. The minimum absolute atomic E-state index is 0.200. The van der Waals surface area contributed by atoms with Crippen LogP contribution in [0.3, 0.4) is 0 Å². The van der Waals surface area contributed by atoms with Gasteiger partial charge < -0.3 is 9.47 Å². The van der Waals surface area contributed by atoms with E-state index in [1.165, 1.54) is 0 Å². The Labute approximate surface area is 160 Å². The van der Waals surface area contributed by atoms with E-state index in [1.807, 2.05) is 43.3 Å². The quantitative estimate of drug-likeness (QED) is 0.461. The predicted octanol–water partition coefficient (Wildman–Crippen LogP) is 4.50. The Morgan fingerprint density at radius 3 is 2.37 bits per heavy atom. The molecule has 0 atom stereocenters. The molecule has 6 nitrogen and oxygen atoms in total. The molecule has 1 aliphatic rings. The fourth-order valence-electron chi connectivity index (χ4n) is 3.26. The number of benzene rings is 1. The van der Waals surface area contributed by atoms with Gasteiger partial charge in [-0.25, -0.2) is 4.98 Å². The van der Waals surface area contributed by atoms with Gasteiger partial charge in [-0.1, -0.05) is 6.92 Å². The second kappa shape index (κ2) is 8.86. The molecule has 1 heterocycles. The molecule has 0 amide bonds. The summed E-state index contributed by atoms with van der Waals surface area (Å²) in [6.45, 7) is 4.17. The minimum atomic E-state index is 0.200. The predicted molar refractivity (Wildman–Crippen MR) is 105 cm³/mol. The van der Waals surface area contributed by atoms with Gasteiger partial charge in [0.1, 0.15) is 11.5 Å². The van der Waals surface area contributed by atoms with E-state index in [0.29, 0.717) is 23.0 Å². The zero-order valence-electron chi connectivity index (χ0n) is 16.1. The Morgan fingerprint density at radius 1 is 1.07 bits per heavy atom. The third-order valence-corrected chi connectivity index (χ3v) is 4.93. The SMILES string of the molecule is COc1ccc(Oc2nc(C)ccc2C(=NC2CCC(C)CC2)NO)cc1. The smallest absolute Gasteiger partial charge is 0.230 e. The van der Waals surface area contributed by atoms with Crippen LogP contribution in [0.15, 0.2) is 41.4 Å². The number of pyridine rings is 1. The summed E-state index contributed by atoms with van der Waals surface area (Å²) < 4.78 is 11.2. The van der Waals surface area contributed by atoms with Crippen molar-refractivity contribution in [2.75, 3.05) is 7.11 Å². The summed E-state index contributed by atoms with van der Waals surface area (Å²) in [5.74, 6) is 2.94. The van der Waals surface area contributed by atoms with E-state index in [0.717, 1.165) is 43.0 Å². The van der Waals surface area contributed by atoms with E-state index in [2.05, 4.69) is 17.4 Å². The number of hydrogen-bond acceptors (Lipinski definition) is 5. The maximum atomic E-state index is 9.71. The molecule has 0 saturated heterocycles. The number of aryl methyl sites for hydroxylation is 1. The highest BCUT2D eigenvalue weighted by atomic mass is 16.5. The van der Waals surface area contributed by atoms with Gasteiger partial charge in [0.25, 0.3) is 0 Å². The molecule has 0 spiro atoms. The maximum absolute atomic E-state index is 9.71.